The van der Waals surface area contributed by atoms with Crippen LogP contribution in [0, 0.1) is 5.92 Å². The lowest BCUT2D eigenvalue weighted by atomic mass is 9.76. The standard InChI is InChI=1S/C13H19N/c1-10-4-2-3-5-13(10)11-6-8-12(14)9-7-11/h6-10,13H,2-5,14H2,1H3/t10-,13-/m1/s1. The number of nitrogen functional groups attached to an aromatic ring is 1. The topological polar surface area (TPSA) is 26.0 Å². The van der Waals surface area contributed by atoms with E-state index in [0.29, 0.717) is 0 Å². The second-order valence-corrected chi connectivity index (χ2v) is 4.53. The minimum absolute atomic E-state index is 0.768. The molecule has 1 heteroatoms. The summed E-state index contributed by atoms with van der Waals surface area (Å²) in [4.78, 5) is 0. The molecule has 0 amide bonds. The molecule has 1 fully saturated rings. The number of benzene rings is 1. The number of rotatable bonds is 1. The van der Waals surface area contributed by atoms with Crippen molar-refractivity contribution in [1.29, 1.82) is 0 Å². The monoisotopic (exact) mass is 189 g/mol. The third kappa shape index (κ3) is 1.92. The zero-order chi connectivity index (χ0) is 9.97. The molecule has 1 nitrogen and oxygen atoms in total. The highest BCUT2D eigenvalue weighted by Gasteiger charge is 2.22. The summed E-state index contributed by atoms with van der Waals surface area (Å²) in [7, 11) is 0. The van der Waals surface area contributed by atoms with Crippen LogP contribution < -0.4 is 5.73 Å². The van der Waals surface area contributed by atoms with E-state index >= 15 is 0 Å². The predicted molar refractivity (Wildman–Crippen MR) is 61.2 cm³/mol. The fraction of sp³-hybridized carbons (Fsp3) is 0.538. The largest absolute Gasteiger partial charge is 0.399 e. The van der Waals surface area contributed by atoms with E-state index in [2.05, 4.69) is 19.1 Å². The van der Waals surface area contributed by atoms with E-state index in [1.165, 1.54) is 31.2 Å². The maximum absolute atomic E-state index is 5.69. The summed E-state index contributed by atoms with van der Waals surface area (Å²) in [6.45, 7) is 2.38. The van der Waals surface area contributed by atoms with Gasteiger partial charge >= 0.3 is 0 Å². The fourth-order valence-corrected chi connectivity index (χ4v) is 2.55. The molecule has 1 aromatic carbocycles. The van der Waals surface area contributed by atoms with Crippen LogP contribution in [0.2, 0.25) is 0 Å². The SMILES string of the molecule is C[C@@H]1CCCC[C@H]1c1ccc(N)cc1. The van der Waals surface area contributed by atoms with Gasteiger partial charge in [0.05, 0.1) is 0 Å². The van der Waals surface area contributed by atoms with E-state index in [0.717, 1.165) is 17.5 Å². The Kier molecular flexibility index (Phi) is 2.76. The first-order valence-electron chi connectivity index (χ1n) is 5.63. The zero-order valence-electron chi connectivity index (χ0n) is 8.87. The Bertz CT molecular complexity index is 289. The van der Waals surface area contributed by atoms with Gasteiger partial charge in [0.2, 0.25) is 0 Å². The van der Waals surface area contributed by atoms with Crippen molar-refractivity contribution in [3.63, 3.8) is 0 Å². The predicted octanol–water partition coefficient (Wildman–Crippen LogP) is 3.56. The molecule has 2 atom stereocenters. The molecule has 2 rings (SSSR count). The first-order valence-corrected chi connectivity index (χ1v) is 5.63. The highest BCUT2D eigenvalue weighted by atomic mass is 14.5. The van der Waals surface area contributed by atoms with Gasteiger partial charge in [0.1, 0.15) is 0 Å². The summed E-state index contributed by atoms with van der Waals surface area (Å²) in [5, 5.41) is 0. The third-order valence-electron chi connectivity index (χ3n) is 3.48. The minimum atomic E-state index is 0.768. The lowest BCUT2D eigenvalue weighted by Crippen LogP contribution is -2.14. The lowest BCUT2D eigenvalue weighted by molar-refractivity contribution is 0.330. The van der Waals surface area contributed by atoms with Crippen LogP contribution in [-0.4, -0.2) is 0 Å². The Labute approximate surface area is 86.3 Å². The first kappa shape index (κ1) is 9.57. The van der Waals surface area contributed by atoms with Gasteiger partial charge in [0, 0.05) is 5.69 Å². The van der Waals surface area contributed by atoms with Gasteiger partial charge in [-0.15, -0.1) is 0 Å². The van der Waals surface area contributed by atoms with E-state index < -0.39 is 0 Å². The van der Waals surface area contributed by atoms with Gasteiger partial charge in [-0.3, -0.25) is 0 Å². The summed E-state index contributed by atoms with van der Waals surface area (Å²) in [6.07, 6.45) is 5.53. The van der Waals surface area contributed by atoms with Crippen LogP contribution in [0.3, 0.4) is 0 Å². The Hall–Kier alpha value is -0.980. The molecular weight excluding hydrogens is 170 g/mol. The fourth-order valence-electron chi connectivity index (χ4n) is 2.55. The van der Waals surface area contributed by atoms with Crippen molar-refractivity contribution in [2.45, 2.75) is 38.5 Å². The summed E-state index contributed by atoms with van der Waals surface area (Å²) >= 11 is 0. The molecule has 0 bridgehead atoms. The number of anilines is 1. The molecule has 1 aliphatic rings. The Morgan fingerprint density at radius 3 is 2.36 bits per heavy atom. The molecule has 0 aromatic heterocycles. The van der Waals surface area contributed by atoms with Crippen LogP contribution in [0.1, 0.15) is 44.1 Å². The summed E-state index contributed by atoms with van der Waals surface area (Å²) in [5.74, 6) is 1.61. The molecule has 0 unspecified atom stereocenters. The normalized spacial score (nSPS) is 27.5. The summed E-state index contributed by atoms with van der Waals surface area (Å²) in [5.41, 5.74) is 8.04. The maximum Gasteiger partial charge on any atom is 0.0314 e. The molecule has 0 heterocycles. The molecule has 14 heavy (non-hydrogen) atoms. The molecule has 76 valence electrons. The molecule has 0 spiro atoms. The van der Waals surface area contributed by atoms with Gasteiger partial charge in [0.15, 0.2) is 0 Å². The van der Waals surface area contributed by atoms with E-state index in [4.69, 9.17) is 5.73 Å². The average molecular weight is 189 g/mol. The number of nitrogens with two attached hydrogens (primary N) is 1. The molecule has 0 aliphatic heterocycles. The van der Waals surface area contributed by atoms with E-state index in [1.54, 1.807) is 0 Å². The van der Waals surface area contributed by atoms with Crippen molar-refractivity contribution in [2.75, 3.05) is 5.73 Å². The van der Waals surface area contributed by atoms with Crippen molar-refractivity contribution in [1.82, 2.24) is 0 Å². The van der Waals surface area contributed by atoms with E-state index in [9.17, 15) is 0 Å². The highest BCUT2D eigenvalue weighted by molar-refractivity contribution is 5.40. The van der Waals surface area contributed by atoms with E-state index in [-0.39, 0.29) is 0 Å². The molecule has 0 saturated heterocycles. The average Bonchev–Trinajstić information content (AvgIpc) is 2.20. The van der Waals surface area contributed by atoms with Crippen LogP contribution in [0.15, 0.2) is 24.3 Å². The van der Waals surface area contributed by atoms with Gasteiger partial charge in [-0.05, 0) is 36.0 Å². The van der Waals surface area contributed by atoms with Gasteiger partial charge < -0.3 is 5.73 Å². The first-order chi connectivity index (χ1) is 6.77. The second-order valence-electron chi connectivity index (χ2n) is 4.53. The highest BCUT2D eigenvalue weighted by Crippen LogP contribution is 2.37. The smallest absolute Gasteiger partial charge is 0.0314 e. The molecule has 0 radical (unpaired) electrons. The maximum atomic E-state index is 5.69. The summed E-state index contributed by atoms with van der Waals surface area (Å²) in [6, 6.07) is 8.44. The Balaban J connectivity index is 2.16. The number of hydrogen-bond acceptors (Lipinski definition) is 1. The molecule has 2 N–H and O–H groups in total. The van der Waals surface area contributed by atoms with Crippen molar-refractivity contribution in [3.05, 3.63) is 29.8 Å². The molecule has 1 aromatic rings. The van der Waals surface area contributed by atoms with Gasteiger partial charge in [-0.25, -0.2) is 0 Å². The summed E-state index contributed by atoms with van der Waals surface area (Å²) < 4.78 is 0. The van der Waals surface area contributed by atoms with Gasteiger partial charge in [-0.2, -0.15) is 0 Å². The minimum Gasteiger partial charge on any atom is -0.399 e. The lowest BCUT2D eigenvalue weighted by Gasteiger charge is -2.29. The van der Waals surface area contributed by atoms with Crippen LogP contribution in [0.25, 0.3) is 0 Å². The third-order valence-corrected chi connectivity index (χ3v) is 3.48. The Morgan fingerprint density at radius 1 is 1.07 bits per heavy atom. The Morgan fingerprint density at radius 2 is 1.71 bits per heavy atom. The van der Waals surface area contributed by atoms with Crippen molar-refractivity contribution in [3.8, 4) is 0 Å². The zero-order valence-corrected chi connectivity index (χ0v) is 8.87. The van der Waals surface area contributed by atoms with Crippen LogP contribution in [0.5, 0.6) is 0 Å². The number of hydrogen-bond donors (Lipinski definition) is 1. The van der Waals surface area contributed by atoms with Crippen LogP contribution in [-0.2, 0) is 0 Å². The van der Waals surface area contributed by atoms with Crippen molar-refractivity contribution in [2.24, 2.45) is 5.92 Å². The van der Waals surface area contributed by atoms with Crippen molar-refractivity contribution < 1.29 is 0 Å². The van der Waals surface area contributed by atoms with Crippen LogP contribution >= 0.6 is 0 Å². The second kappa shape index (κ2) is 4.04. The molecule has 1 aliphatic carbocycles. The molecule has 1 saturated carbocycles. The molecular formula is C13H19N. The van der Waals surface area contributed by atoms with Gasteiger partial charge in [-0.1, -0.05) is 38.3 Å². The van der Waals surface area contributed by atoms with E-state index in [1.807, 2.05) is 12.1 Å². The van der Waals surface area contributed by atoms with Crippen LogP contribution in [0.4, 0.5) is 5.69 Å². The van der Waals surface area contributed by atoms with Gasteiger partial charge in [0.25, 0.3) is 0 Å². The quantitative estimate of drug-likeness (QED) is 0.672. The van der Waals surface area contributed by atoms with Crippen molar-refractivity contribution >= 4 is 5.69 Å².